The molecule has 0 aliphatic heterocycles. The third kappa shape index (κ3) is 5.05. The number of nitrogens with one attached hydrogen (secondary N) is 1. The molecule has 16 heavy (non-hydrogen) atoms. The zero-order chi connectivity index (χ0) is 11.8. The Morgan fingerprint density at radius 3 is 2.94 bits per heavy atom. The quantitative estimate of drug-likeness (QED) is 0.760. The van der Waals surface area contributed by atoms with Gasteiger partial charge in [-0.3, -0.25) is 0 Å². The van der Waals surface area contributed by atoms with E-state index >= 15 is 0 Å². The van der Waals surface area contributed by atoms with Crippen molar-refractivity contribution in [2.75, 3.05) is 20.3 Å². The van der Waals surface area contributed by atoms with Crippen molar-refractivity contribution in [3.05, 3.63) is 16.1 Å². The maximum Gasteiger partial charge on any atom is 0.0928 e. The van der Waals surface area contributed by atoms with Crippen molar-refractivity contribution in [1.82, 2.24) is 10.3 Å². The number of hydrogen-bond donors (Lipinski definition) is 1. The van der Waals surface area contributed by atoms with Gasteiger partial charge in [0, 0.05) is 30.6 Å². The Morgan fingerprint density at radius 1 is 1.56 bits per heavy atom. The summed E-state index contributed by atoms with van der Waals surface area (Å²) in [6, 6.07) is 0.453. The summed E-state index contributed by atoms with van der Waals surface area (Å²) in [6.45, 7) is 6.07. The van der Waals surface area contributed by atoms with Crippen LogP contribution in [0.25, 0.3) is 0 Å². The summed E-state index contributed by atoms with van der Waals surface area (Å²) in [5, 5.41) is 6.84. The number of thiazole rings is 1. The highest BCUT2D eigenvalue weighted by Gasteiger charge is 2.08. The molecule has 0 fully saturated rings. The summed E-state index contributed by atoms with van der Waals surface area (Å²) in [7, 11) is 1.76. The first kappa shape index (κ1) is 13.6. The van der Waals surface area contributed by atoms with E-state index in [1.54, 1.807) is 18.4 Å². The number of methoxy groups -OCH3 is 1. The maximum atomic E-state index is 5.22. The molecule has 1 atom stereocenters. The van der Waals surface area contributed by atoms with Crippen molar-refractivity contribution < 1.29 is 4.74 Å². The van der Waals surface area contributed by atoms with E-state index in [9.17, 15) is 0 Å². The van der Waals surface area contributed by atoms with Crippen LogP contribution in [-0.4, -0.2) is 31.3 Å². The van der Waals surface area contributed by atoms with Gasteiger partial charge in [-0.1, -0.05) is 6.92 Å². The fraction of sp³-hybridized carbons (Fsp3) is 0.750. The van der Waals surface area contributed by atoms with E-state index in [4.69, 9.17) is 4.74 Å². The van der Waals surface area contributed by atoms with Crippen molar-refractivity contribution in [2.24, 2.45) is 0 Å². The van der Waals surface area contributed by atoms with E-state index < -0.39 is 0 Å². The highest BCUT2D eigenvalue weighted by Crippen LogP contribution is 2.12. The summed E-state index contributed by atoms with van der Waals surface area (Å²) in [5.74, 6) is 0. The Hall–Kier alpha value is -0.450. The second kappa shape index (κ2) is 7.76. The molecule has 1 unspecified atom stereocenters. The Bertz CT molecular complexity index is 288. The number of aromatic nitrogens is 1. The van der Waals surface area contributed by atoms with Crippen LogP contribution in [-0.2, 0) is 11.2 Å². The van der Waals surface area contributed by atoms with E-state index in [-0.39, 0.29) is 0 Å². The molecule has 1 N–H and O–H groups in total. The number of ether oxygens (including phenoxy) is 1. The lowest BCUT2D eigenvalue weighted by Gasteiger charge is -2.16. The molecule has 1 heterocycles. The molecule has 92 valence electrons. The van der Waals surface area contributed by atoms with E-state index in [0.717, 1.165) is 38.1 Å². The molecule has 0 aliphatic rings. The smallest absolute Gasteiger partial charge is 0.0928 e. The van der Waals surface area contributed by atoms with Crippen molar-refractivity contribution in [2.45, 2.75) is 39.2 Å². The lowest BCUT2D eigenvalue weighted by Crippen LogP contribution is -2.34. The first-order chi connectivity index (χ1) is 7.76. The highest BCUT2D eigenvalue weighted by atomic mass is 32.1. The molecule has 0 saturated heterocycles. The number of aryl methyl sites for hydroxylation is 2. The molecule has 0 amide bonds. The molecule has 0 saturated carbocycles. The highest BCUT2D eigenvalue weighted by molar-refractivity contribution is 7.09. The van der Waals surface area contributed by atoms with Crippen molar-refractivity contribution in [1.29, 1.82) is 0 Å². The SMILES string of the molecule is CCCNC(CCc1nc(C)cs1)COC. The zero-order valence-electron chi connectivity index (χ0n) is 10.5. The summed E-state index contributed by atoms with van der Waals surface area (Å²) in [4.78, 5) is 4.47. The van der Waals surface area contributed by atoms with E-state index in [0.29, 0.717) is 6.04 Å². The summed E-state index contributed by atoms with van der Waals surface area (Å²) >= 11 is 1.75. The van der Waals surface area contributed by atoms with Gasteiger partial charge in [-0.15, -0.1) is 11.3 Å². The maximum absolute atomic E-state index is 5.22. The summed E-state index contributed by atoms with van der Waals surface area (Å²) < 4.78 is 5.22. The summed E-state index contributed by atoms with van der Waals surface area (Å²) in [5.41, 5.74) is 1.13. The molecule has 0 aromatic carbocycles. The molecular weight excluding hydrogens is 220 g/mol. The molecule has 0 bridgehead atoms. The van der Waals surface area contributed by atoms with Gasteiger partial charge in [0.2, 0.25) is 0 Å². The van der Waals surface area contributed by atoms with Crippen LogP contribution in [0.4, 0.5) is 0 Å². The van der Waals surface area contributed by atoms with Crippen LogP contribution in [0.15, 0.2) is 5.38 Å². The van der Waals surface area contributed by atoms with Crippen LogP contribution in [0.2, 0.25) is 0 Å². The van der Waals surface area contributed by atoms with E-state index in [1.807, 2.05) is 6.92 Å². The van der Waals surface area contributed by atoms with Gasteiger partial charge in [0.25, 0.3) is 0 Å². The van der Waals surface area contributed by atoms with Crippen molar-refractivity contribution in [3.8, 4) is 0 Å². The topological polar surface area (TPSA) is 34.2 Å². The minimum atomic E-state index is 0.453. The van der Waals surface area contributed by atoms with Gasteiger partial charge in [-0.25, -0.2) is 4.98 Å². The Labute approximate surface area is 102 Å². The number of nitrogens with zero attached hydrogens (tertiary/aromatic N) is 1. The van der Waals surface area contributed by atoms with Crippen molar-refractivity contribution >= 4 is 11.3 Å². The molecule has 0 spiro atoms. The third-order valence-corrected chi connectivity index (χ3v) is 3.45. The molecule has 1 rings (SSSR count). The van der Waals surface area contributed by atoms with Gasteiger partial charge in [0.1, 0.15) is 0 Å². The average Bonchev–Trinajstić information content (AvgIpc) is 2.68. The zero-order valence-corrected chi connectivity index (χ0v) is 11.3. The minimum Gasteiger partial charge on any atom is -0.383 e. The Balaban J connectivity index is 2.30. The first-order valence-electron chi connectivity index (χ1n) is 5.89. The van der Waals surface area contributed by atoms with Gasteiger partial charge >= 0.3 is 0 Å². The lowest BCUT2D eigenvalue weighted by molar-refractivity contribution is 0.162. The van der Waals surface area contributed by atoms with Crippen LogP contribution in [0.1, 0.15) is 30.5 Å². The first-order valence-corrected chi connectivity index (χ1v) is 6.77. The molecule has 0 aliphatic carbocycles. The number of hydrogen-bond acceptors (Lipinski definition) is 4. The molecular formula is C12H22N2OS. The van der Waals surface area contributed by atoms with Gasteiger partial charge < -0.3 is 10.1 Å². The standard InChI is InChI=1S/C12H22N2OS/c1-4-7-13-11(8-15-3)5-6-12-14-10(2)9-16-12/h9,11,13H,4-8H2,1-3H3. The fourth-order valence-electron chi connectivity index (χ4n) is 1.61. The van der Waals surface area contributed by atoms with Crippen LogP contribution < -0.4 is 5.32 Å². The second-order valence-corrected chi connectivity index (χ2v) is 4.97. The van der Waals surface area contributed by atoms with Crippen LogP contribution in [0, 0.1) is 6.92 Å². The van der Waals surface area contributed by atoms with Crippen LogP contribution in [0.3, 0.4) is 0 Å². The van der Waals surface area contributed by atoms with Crippen LogP contribution in [0.5, 0.6) is 0 Å². The molecule has 4 heteroatoms. The molecule has 1 aromatic rings. The summed E-state index contributed by atoms with van der Waals surface area (Å²) in [6.07, 6.45) is 3.31. The fourth-order valence-corrected chi connectivity index (χ4v) is 2.40. The van der Waals surface area contributed by atoms with Gasteiger partial charge in [-0.2, -0.15) is 0 Å². The van der Waals surface area contributed by atoms with Gasteiger partial charge in [0.05, 0.1) is 11.6 Å². The monoisotopic (exact) mass is 242 g/mol. The largest absolute Gasteiger partial charge is 0.383 e. The third-order valence-electron chi connectivity index (χ3n) is 2.42. The van der Waals surface area contributed by atoms with Crippen molar-refractivity contribution in [3.63, 3.8) is 0 Å². The van der Waals surface area contributed by atoms with Gasteiger partial charge in [-0.05, 0) is 26.3 Å². The number of rotatable bonds is 8. The van der Waals surface area contributed by atoms with E-state index in [2.05, 4.69) is 22.6 Å². The lowest BCUT2D eigenvalue weighted by atomic mass is 10.1. The average molecular weight is 242 g/mol. The molecule has 0 radical (unpaired) electrons. The predicted molar refractivity (Wildman–Crippen MR) is 69.1 cm³/mol. The molecule has 3 nitrogen and oxygen atoms in total. The Morgan fingerprint density at radius 2 is 2.38 bits per heavy atom. The Kier molecular flexibility index (Phi) is 6.61. The minimum absolute atomic E-state index is 0.453. The molecule has 1 aromatic heterocycles. The van der Waals surface area contributed by atoms with E-state index in [1.165, 1.54) is 5.01 Å². The van der Waals surface area contributed by atoms with Crippen LogP contribution >= 0.6 is 11.3 Å². The normalized spacial score (nSPS) is 12.9. The second-order valence-electron chi connectivity index (χ2n) is 4.03. The van der Waals surface area contributed by atoms with Gasteiger partial charge in [0.15, 0.2) is 0 Å². The predicted octanol–water partition coefficient (Wildman–Crippen LogP) is 2.40.